The lowest BCUT2D eigenvalue weighted by Gasteiger charge is -2.33. The number of fused-ring (bicyclic) bond motifs is 1. The van der Waals surface area contributed by atoms with Crippen LogP contribution in [-0.4, -0.2) is 52.6 Å². The van der Waals surface area contributed by atoms with Gasteiger partial charge in [-0.15, -0.1) is 0 Å². The van der Waals surface area contributed by atoms with Gasteiger partial charge in [0, 0.05) is 36.4 Å². The normalized spacial score (nSPS) is 19.5. The van der Waals surface area contributed by atoms with Gasteiger partial charge < -0.3 is 5.32 Å². The van der Waals surface area contributed by atoms with Crippen molar-refractivity contribution in [2.75, 3.05) is 18.6 Å². The second kappa shape index (κ2) is 8.29. The summed E-state index contributed by atoms with van der Waals surface area (Å²) in [5.74, 6) is 1.29. The van der Waals surface area contributed by atoms with E-state index in [2.05, 4.69) is 16.4 Å². The van der Waals surface area contributed by atoms with Gasteiger partial charge in [0.05, 0.1) is 23.4 Å². The molecule has 9 heteroatoms. The van der Waals surface area contributed by atoms with Gasteiger partial charge in [0.1, 0.15) is 5.82 Å². The molecule has 1 fully saturated rings. The molecule has 0 unspecified atom stereocenters. The molecule has 2 aromatic heterocycles. The predicted molar refractivity (Wildman–Crippen MR) is 121 cm³/mol. The molecular weight excluding hydrogens is 412 g/mol. The fourth-order valence-corrected chi connectivity index (χ4v) is 5.10. The van der Waals surface area contributed by atoms with Crippen LogP contribution in [0.5, 0.6) is 0 Å². The first-order valence-electron chi connectivity index (χ1n) is 10.3. The van der Waals surface area contributed by atoms with Crippen molar-refractivity contribution in [1.82, 2.24) is 18.8 Å². The molecule has 0 aliphatic heterocycles. The van der Waals surface area contributed by atoms with Crippen molar-refractivity contribution in [3.05, 3.63) is 47.8 Å². The number of aromatic nitrogens is 3. The molecule has 0 saturated heterocycles. The molecule has 3 aromatic rings. The zero-order valence-electron chi connectivity index (χ0n) is 17.9. The summed E-state index contributed by atoms with van der Waals surface area (Å²) in [7, 11) is -1.52. The van der Waals surface area contributed by atoms with Crippen LogP contribution in [0.3, 0.4) is 0 Å². The largest absolute Gasteiger partial charge is 0.351 e. The summed E-state index contributed by atoms with van der Waals surface area (Å²) in [5, 5.41) is 13.7. The Hall–Kier alpha value is -2.96. The van der Waals surface area contributed by atoms with Crippen LogP contribution in [0.4, 0.5) is 5.95 Å². The van der Waals surface area contributed by atoms with Crippen molar-refractivity contribution < 1.29 is 8.42 Å². The summed E-state index contributed by atoms with van der Waals surface area (Å²) >= 11 is 0. The van der Waals surface area contributed by atoms with Crippen LogP contribution in [-0.2, 0) is 10.0 Å². The lowest BCUT2D eigenvalue weighted by molar-refractivity contribution is 0.276. The van der Waals surface area contributed by atoms with E-state index in [0.717, 1.165) is 48.1 Å². The van der Waals surface area contributed by atoms with Crippen LogP contribution in [0.1, 0.15) is 36.9 Å². The van der Waals surface area contributed by atoms with Crippen LogP contribution in [0.2, 0.25) is 0 Å². The molecule has 1 aliphatic rings. The Labute approximate surface area is 182 Å². The third kappa shape index (κ3) is 4.27. The minimum atomic E-state index is -3.17. The SMILES string of the molecule is Cc1cc2c(C#N)cccc2n1-c1ccnc(NC2CCC(N(C)S(C)(=O)=O)CC2)n1. The van der Waals surface area contributed by atoms with Gasteiger partial charge in [-0.1, -0.05) is 6.07 Å². The van der Waals surface area contributed by atoms with Gasteiger partial charge in [-0.05, 0) is 56.9 Å². The molecule has 31 heavy (non-hydrogen) atoms. The number of hydrogen-bond acceptors (Lipinski definition) is 6. The summed E-state index contributed by atoms with van der Waals surface area (Å²) in [6, 6.07) is 12.0. The minimum Gasteiger partial charge on any atom is -0.351 e. The molecule has 2 heterocycles. The van der Waals surface area contributed by atoms with E-state index in [1.165, 1.54) is 10.6 Å². The van der Waals surface area contributed by atoms with Crippen molar-refractivity contribution >= 4 is 26.9 Å². The minimum absolute atomic E-state index is 0.0449. The zero-order chi connectivity index (χ0) is 22.2. The number of sulfonamides is 1. The standard InChI is InChI=1S/C22H26N6O2S/c1-15-13-19-16(14-23)5-4-6-20(19)28(15)21-11-12-24-22(26-21)25-17-7-9-18(10-8-17)27(2)31(3,29)30/h4-6,11-13,17-18H,7-10H2,1-3H3,(H,24,25,26). The maximum absolute atomic E-state index is 11.8. The summed E-state index contributed by atoms with van der Waals surface area (Å²) in [6.07, 6.45) is 6.30. The molecule has 0 spiro atoms. The van der Waals surface area contributed by atoms with Gasteiger partial charge in [0.2, 0.25) is 16.0 Å². The summed E-state index contributed by atoms with van der Waals surface area (Å²) in [4.78, 5) is 9.11. The van der Waals surface area contributed by atoms with Gasteiger partial charge in [-0.2, -0.15) is 10.2 Å². The van der Waals surface area contributed by atoms with E-state index in [-0.39, 0.29) is 12.1 Å². The number of nitrogens with zero attached hydrogens (tertiary/aromatic N) is 5. The monoisotopic (exact) mass is 438 g/mol. The molecule has 0 amide bonds. The molecule has 0 bridgehead atoms. The molecule has 1 aromatic carbocycles. The van der Waals surface area contributed by atoms with Crippen molar-refractivity contribution in [2.24, 2.45) is 0 Å². The summed E-state index contributed by atoms with van der Waals surface area (Å²) in [5.41, 5.74) is 2.57. The van der Waals surface area contributed by atoms with Crippen LogP contribution < -0.4 is 5.32 Å². The maximum atomic E-state index is 11.8. The van der Waals surface area contributed by atoms with Gasteiger partial charge in [0.25, 0.3) is 0 Å². The van der Waals surface area contributed by atoms with Crippen LogP contribution in [0.15, 0.2) is 36.5 Å². The highest BCUT2D eigenvalue weighted by Crippen LogP contribution is 2.28. The average molecular weight is 439 g/mol. The van der Waals surface area contributed by atoms with E-state index in [4.69, 9.17) is 4.98 Å². The fourth-order valence-electron chi connectivity index (χ4n) is 4.35. The third-order valence-electron chi connectivity index (χ3n) is 6.09. The maximum Gasteiger partial charge on any atom is 0.224 e. The first-order chi connectivity index (χ1) is 14.8. The third-order valence-corrected chi connectivity index (χ3v) is 7.43. The van der Waals surface area contributed by atoms with E-state index >= 15 is 0 Å². The zero-order valence-corrected chi connectivity index (χ0v) is 18.7. The first kappa shape index (κ1) is 21.3. The van der Waals surface area contributed by atoms with Gasteiger partial charge >= 0.3 is 0 Å². The Morgan fingerprint density at radius 3 is 2.65 bits per heavy atom. The van der Waals surface area contributed by atoms with Crippen molar-refractivity contribution in [1.29, 1.82) is 5.26 Å². The summed E-state index contributed by atoms with van der Waals surface area (Å²) < 4.78 is 27.1. The molecule has 0 atom stereocenters. The predicted octanol–water partition coefficient (Wildman–Crippen LogP) is 3.22. The Morgan fingerprint density at radius 1 is 1.23 bits per heavy atom. The lowest BCUT2D eigenvalue weighted by atomic mass is 9.91. The number of benzene rings is 1. The second-order valence-electron chi connectivity index (χ2n) is 8.14. The summed E-state index contributed by atoms with van der Waals surface area (Å²) in [6.45, 7) is 2.00. The number of aryl methyl sites for hydroxylation is 1. The van der Waals surface area contributed by atoms with E-state index in [9.17, 15) is 13.7 Å². The van der Waals surface area contributed by atoms with Crippen LogP contribution in [0.25, 0.3) is 16.7 Å². The Bertz CT molecular complexity index is 1250. The number of nitrogens with one attached hydrogen (secondary N) is 1. The van der Waals surface area contributed by atoms with E-state index in [0.29, 0.717) is 11.5 Å². The highest BCUT2D eigenvalue weighted by Gasteiger charge is 2.28. The fraction of sp³-hybridized carbons (Fsp3) is 0.409. The molecule has 0 radical (unpaired) electrons. The topological polar surface area (TPSA) is 104 Å². The number of rotatable bonds is 5. The smallest absolute Gasteiger partial charge is 0.224 e. The van der Waals surface area contributed by atoms with Crippen LogP contribution >= 0.6 is 0 Å². The molecule has 1 saturated carbocycles. The highest BCUT2D eigenvalue weighted by atomic mass is 32.2. The van der Waals surface area contributed by atoms with Crippen molar-refractivity contribution in [3.63, 3.8) is 0 Å². The average Bonchev–Trinajstić information content (AvgIpc) is 3.09. The molecule has 1 N–H and O–H groups in total. The van der Waals surface area contributed by atoms with Gasteiger partial charge in [-0.3, -0.25) is 4.57 Å². The Morgan fingerprint density at radius 2 is 1.97 bits per heavy atom. The van der Waals surface area contributed by atoms with Crippen LogP contribution in [0, 0.1) is 18.3 Å². The molecular formula is C22H26N6O2S. The second-order valence-corrected chi connectivity index (χ2v) is 10.2. The van der Waals surface area contributed by atoms with E-state index in [1.807, 2.05) is 41.8 Å². The molecule has 4 rings (SSSR count). The molecule has 162 valence electrons. The van der Waals surface area contributed by atoms with Gasteiger partial charge in [0.15, 0.2) is 0 Å². The quantitative estimate of drug-likeness (QED) is 0.656. The van der Waals surface area contributed by atoms with E-state index in [1.54, 1.807) is 13.2 Å². The molecule has 8 nitrogen and oxygen atoms in total. The number of hydrogen-bond donors (Lipinski definition) is 1. The highest BCUT2D eigenvalue weighted by molar-refractivity contribution is 7.88. The van der Waals surface area contributed by atoms with E-state index < -0.39 is 10.0 Å². The number of anilines is 1. The Kier molecular flexibility index (Phi) is 5.69. The van der Waals surface area contributed by atoms with Crippen molar-refractivity contribution in [2.45, 2.75) is 44.7 Å². The van der Waals surface area contributed by atoms with Gasteiger partial charge in [-0.25, -0.2) is 17.7 Å². The Balaban J connectivity index is 1.53. The first-order valence-corrected chi connectivity index (χ1v) is 12.2. The van der Waals surface area contributed by atoms with Crippen molar-refractivity contribution in [3.8, 4) is 11.9 Å². The number of nitriles is 1. The lowest BCUT2D eigenvalue weighted by Crippen LogP contribution is -2.41. The molecule has 1 aliphatic carbocycles.